The molecule has 24 heavy (non-hydrogen) atoms. The Kier molecular flexibility index (Phi) is 4.17. The summed E-state index contributed by atoms with van der Waals surface area (Å²) < 4.78 is 0. The number of hydrogen-bond donors (Lipinski definition) is 3. The number of benzene rings is 3. The molecule has 0 bridgehead atoms. The van der Waals surface area contributed by atoms with Crippen LogP contribution >= 0.6 is 0 Å². The smallest absolute Gasteiger partial charge is 0.118 e. The van der Waals surface area contributed by atoms with Gasteiger partial charge in [-0.25, -0.2) is 0 Å². The van der Waals surface area contributed by atoms with E-state index in [9.17, 15) is 10.2 Å². The zero-order valence-electron chi connectivity index (χ0n) is 13.8. The molecule has 3 rings (SSSR count). The van der Waals surface area contributed by atoms with Gasteiger partial charge in [0.25, 0.3) is 0 Å². The molecule has 0 aliphatic carbocycles. The first-order valence-corrected chi connectivity index (χ1v) is 7.91. The van der Waals surface area contributed by atoms with Crippen LogP contribution in [0.2, 0.25) is 0 Å². The molecule has 0 aromatic heterocycles. The molecule has 3 nitrogen and oxygen atoms in total. The van der Waals surface area contributed by atoms with Gasteiger partial charge in [0.1, 0.15) is 11.5 Å². The maximum Gasteiger partial charge on any atom is 0.118 e. The van der Waals surface area contributed by atoms with Gasteiger partial charge in [-0.15, -0.1) is 0 Å². The first-order valence-electron chi connectivity index (χ1n) is 7.91. The fraction of sp³-hybridized carbons (Fsp3) is 0.143. The van der Waals surface area contributed by atoms with E-state index in [4.69, 9.17) is 5.73 Å². The van der Waals surface area contributed by atoms with E-state index in [1.807, 2.05) is 62.4 Å². The number of hydrogen-bond acceptors (Lipinski definition) is 3. The second kappa shape index (κ2) is 6.28. The van der Waals surface area contributed by atoms with Crippen LogP contribution in [0.4, 0.5) is 5.69 Å². The summed E-state index contributed by atoms with van der Waals surface area (Å²) >= 11 is 0. The van der Waals surface area contributed by atoms with Crippen molar-refractivity contribution in [3.8, 4) is 11.5 Å². The molecule has 0 spiro atoms. The predicted molar refractivity (Wildman–Crippen MR) is 97.5 cm³/mol. The van der Waals surface area contributed by atoms with Gasteiger partial charge in [0, 0.05) is 11.6 Å². The molecule has 0 saturated heterocycles. The van der Waals surface area contributed by atoms with Crippen LogP contribution < -0.4 is 5.73 Å². The van der Waals surface area contributed by atoms with Crippen LogP contribution in [0.1, 0.15) is 33.7 Å². The molecule has 0 fully saturated rings. The highest BCUT2D eigenvalue weighted by Gasteiger charge is 2.22. The minimum atomic E-state index is -0.118. The fourth-order valence-electron chi connectivity index (χ4n) is 3.17. The molecule has 0 atom stereocenters. The topological polar surface area (TPSA) is 66.5 Å². The SMILES string of the molecule is Cc1c(O)cccc1C(c1cccc(N)c1)c1cccc(O)c1C. The third-order valence-corrected chi connectivity index (χ3v) is 4.56. The Hall–Kier alpha value is -2.94. The number of aromatic hydroxyl groups is 2. The molecule has 3 aromatic carbocycles. The summed E-state index contributed by atoms with van der Waals surface area (Å²) in [7, 11) is 0. The van der Waals surface area contributed by atoms with E-state index in [0.717, 1.165) is 27.8 Å². The van der Waals surface area contributed by atoms with Crippen molar-refractivity contribution in [1.82, 2.24) is 0 Å². The minimum absolute atomic E-state index is 0.118. The molecule has 0 aliphatic rings. The highest BCUT2D eigenvalue weighted by molar-refractivity contribution is 5.55. The number of phenols is 2. The Morgan fingerprint density at radius 2 is 1.25 bits per heavy atom. The molecule has 4 N–H and O–H groups in total. The van der Waals surface area contributed by atoms with Gasteiger partial charge in [-0.2, -0.15) is 0 Å². The van der Waals surface area contributed by atoms with E-state index in [1.54, 1.807) is 12.1 Å². The zero-order valence-corrected chi connectivity index (χ0v) is 13.8. The summed E-state index contributed by atoms with van der Waals surface area (Å²) in [5.41, 5.74) is 11.3. The summed E-state index contributed by atoms with van der Waals surface area (Å²) in [6.45, 7) is 3.81. The van der Waals surface area contributed by atoms with Crippen molar-refractivity contribution in [2.45, 2.75) is 19.8 Å². The largest absolute Gasteiger partial charge is 0.508 e. The van der Waals surface area contributed by atoms with Gasteiger partial charge in [0.2, 0.25) is 0 Å². The van der Waals surface area contributed by atoms with Gasteiger partial charge in [0.05, 0.1) is 0 Å². The van der Waals surface area contributed by atoms with E-state index in [1.165, 1.54) is 0 Å². The maximum absolute atomic E-state index is 10.1. The van der Waals surface area contributed by atoms with Gasteiger partial charge >= 0.3 is 0 Å². The lowest BCUT2D eigenvalue weighted by Gasteiger charge is -2.23. The van der Waals surface area contributed by atoms with Crippen LogP contribution in [-0.2, 0) is 0 Å². The van der Waals surface area contributed by atoms with Crippen LogP contribution in [0.15, 0.2) is 60.7 Å². The third kappa shape index (κ3) is 2.81. The van der Waals surface area contributed by atoms with Gasteiger partial charge in [-0.3, -0.25) is 0 Å². The van der Waals surface area contributed by atoms with Crippen LogP contribution in [-0.4, -0.2) is 10.2 Å². The Morgan fingerprint density at radius 3 is 1.75 bits per heavy atom. The molecular formula is C21H21NO2. The number of nitrogen functional groups attached to an aromatic ring is 1. The van der Waals surface area contributed by atoms with E-state index in [2.05, 4.69) is 0 Å². The minimum Gasteiger partial charge on any atom is -0.508 e. The molecule has 0 radical (unpaired) electrons. The monoisotopic (exact) mass is 319 g/mol. The van der Waals surface area contributed by atoms with Crippen LogP contribution in [0.3, 0.4) is 0 Å². The van der Waals surface area contributed by atoms with E-state index >= 15 is 0 Å². The average Bonchev–Trinajstić information content (AvgIpc) is 2.56. The van der Waals surface area contributed by atoms with Gasteiger partial charge in [-0.05, 0) is 65.9 Å². The molecule has 0 aliphatic heterocycles. The van der Waals surface area contributed by atoms with Crippen molar-refractivity contribution in [3.05, 3.63) is 88.5 Å². The molecule has 0 heterocycles. The molecule has 0 amide bonds. The quantitative estimate of drug-likeness (QED) is 0.492. The maximum atomic E-state index is 10.1. The van der Waals surface area contributed by atoms with Crippen LogP contribution in [0, 0.1) is 13.8 Å². The molecule has 3 heteroatoms. The second-order valence-electron chi connectivity index (χ2n) is 6.09. The highest BCUT2D eigenvalue weighted by Crippen LogP contribution is 2.39. The van der Waals surface area contributed by atoms with E-state index in [0.29, 0.717) is 5.69 Å². The van der Waals surface area contributed by atoms with Crippen molar-refractivity contribution in [2.24, 2.45) is 0 Å². The lowest BCUT2D eigenvalue weighted by Crippen LogP contribution is -2.08. The van der Waals surface area contributed by atoms with E-state index < -0.39 is 0 Å². The van der Waals surface area contributed by atoms with Crippen molar-refractivity contribution < 1.29 is 10.2 Å². The summed E-state index contributed by atoms with van der Waals surface area (Å²) in [6, 6.07) is 18.8. The fourth-order valence-corrected chi connectivity index (χ4v) is 3.17. The summed E-state index contributed by atoms with van der Waals surface area (Å²) in [5.74, 6) is 0.408. The molecule has 3 aromatic rings. The Balaban J connectivity index is 2.29. The number of anilines is 1. The van der Waals surface area contributed by atoms with Crippen molar-refractivity contribution in [3.63, 3.8) is 0 Å². The summed E-state index contributed by atoms with van der Waals surface area (Å²) in [6.07, 6.45) is 0. The standard InChI is InChI=1S/C21H21NO2/c1-13-17(8-4-10-19(13)23)21(15-6-3-7-16(22)12-15)18-9-5-11-20(24)14(18)2/h3-12,21,23-24H,22H2,1-2H3. The lowest BCUT2D eigenvalue weighted by molar-refractivity contribution is 0.469. The highest BCUT2D eigenvalue weighted by atomic mass is 16.3. The molecule has 0 unspecified atom stereocenters. The first-order chi connectivity index (χ1) is 11.5. The first kappa shape index (κ1) is 15.9. The Morgan fingerprint density at radius 1 is 0.750 bits per heavy atom. The van der Waals surface area contributed by atoms with Crippen molar-refractivity contribution in [2.75, 3.05) is 5.73 Å². The van der Waals surface area contributed by atoms with Crippen LogP contribution in [0.25, 0.3) is 0 Å². The Bertz CT molecular complexity index is 835. The predicted octanol–water partition coefficient (Wildman–Crippen LogP) is 4.48. The van der Waals surface area contributed by atoms with E-state index in [-0.39, 0.29) is 17.4 Å². The molecule has 0 saturated carbocycles. The second-order valence-corrected chi connectivity index (χ2v) is 6.09. The average molecular weight is 319 g/mol. The van der Waals surface area contributed by atoms with Crippen LogP contribution in [0.5, 0.6) is 11.5 Å². The molecule has 122 valence electrons. The Labute approximate surface area is 142 Å². The van der Waals surface area contributed by atoms with Crippen molar-refractivity contribution >= 4 is 5.69 Å². The summed E-state index contributed by atoms with van der Waals surface area (Å²) in [4.78, 5) is 0. The van der Waals surface area contributed by atoms with Gasteiger partial charge < -0.3 is 15.9 Å². The van der Waals surface area contributed by atoms with Gasteiger partial charge in [-0.1, -0.05) is 36.4 Å². The van der Waals surface area contributed by atoms with Gasteiger partial charge in [0.15, 0.2) is 0 Å². The third-order valence-electron chi connectivity index (χ3n) is 4.56. The number of phenolic OH excluding ortho intramolecular Hbond substituents is 2. The zero-order chi connectivity index (χ0) is 17.3. The van der Waals surface area contributed by atoms with Crippen molar-refractivity contribution in [1.29, 1.82) is 0 Å². The number of nitrogens with two attached hydrogens (primary N) is 1. The lowest BCUT2D eigenvalue weighted by atomic mass is 9.81. The number of rotatable bonds is 3. The normalized spacial score (nSPS) is 11.0. The molecular weight excluding hydrogens is 298 g/mol. The summed E-state index contributed by atoms with van der Waals surface area (Å²) in [5, 5.41) is 20.3.